The zero-order chi connectivity index (χ0) is 17.4. The summed E-state index contributed by atoms with van der Waals surface area (Å²) >= 11 is 7.48. The number of halogens is 1. The van der Waals surface area contributed by atoms with E-state index in [-0.39, 0.29) is 5.37 Å². The SMILES string of the molecule is OC1[C@H](n2cnc3c(NCc4cccc(Cl)c4)ncnc32)SC[C@@H]1O. The van der Waals surface area contributed by atoms with E-state index in [1.54, 1.807) is 10.9 Å². The predicted molar refractivity (Wildman–Crippen MR) is 97.6 cm³/mol. The van der Waals surface area contributed by atoms with Gasteiger partial charge in [-0.3, -0.25) is 4.57 Å². The van der Waals surface area contributed by atoms with Gasteiger partial charge in [0.15, 0.2) is 11.5 Å². The molecule has 25 heavy (non-hydrogen) atoms. The molecule has 0 bridgehead atoms. The zero-order valence-electron chi connectivity index (χ0n) is 13.1. The van der Waals surface area contributed by atoms with Gasteiger partial charge in [0.2, 0.25) is 0 Å². The maximum Gasteiger partial charge on any atom is 0.166 e. The van der Waals surface area contributed by atoms with E-state index in [1.165, 1.54) is 18.1 Å². The summed E-state index contributed by atoms with van der Waals surface area (Å²) in [5, 5.41) is 23.5. The Kier molecular flexibility index (Phi) is 4.51. The molecule has 0 aliphatic carbocycles. The van der Waals surface area contributed by atoms with Crippen molar-refractivity contribution < 1.29 is 10.2 Å². The van der Waals surface area contributed by atoms with Gasteiger partial charge in [0.05, 0.1) is 12.4 Å². The van der Waals surface area contributed by atoms with Crippen LogP contribution in [0.4, 0.5) is 5.82 Å². The van der Waals surface area contributed by atoms with E-state index in [2.05, 4.69) is 20.3 Å². The number of hydrogen-bond donors (Lipinski definition) is 3. The summed E-state index contributed by atoms with van der Waals surface area (Å²) in [6.45, 7) is 0.555. The van der Waals surface area contributed by atoms with Gasteiger partial charge >= 0.3 is 0 Å². The van der Waals surface area contributed by atoms with E-state index in [4.69, 9.17) is 11.6 Å². The van der Waals surface area contributed by atoms with Crippen LogP contribution in [0, 0.1) is 0 Å². The minimum Gasteiger partial charge on any atom is -0.389 e. The number of anilines is 1. The van der Waals surface area contributed by atoms with Crippen LogP contribution in [0.25, 0.3) is 11.2 Å². The van der Waals surface area contributed by atoms with Crippen molar-refractivity contribution in [3.05, 3.63) is 47.5 Å². The monoisotopic (exact) mass is 377 g/mol. The minimum atomic E-state index is -0.847. The van der Waals surface area contributed by atoms with Gasteiger partial charge < -0.3 is 15.5 Å². The first-order chi connectivity index (χ1) is 12.1. The molecule has 0 saturated carbocycles. The lowest BCUT2D eigenvalue weighted by molar-refractivity contribution is 0.0313. The molecule has 3 atom stereocenters. The standard InChI is InChI=1S/C16H16ClN5O2S/c17-10-3-1-2-9(4-10)5-18-14-12-15(20-7-19-14)22(8-21-12)16-13(24)11(23)6-25-16/h1-4,7-8,11,13,16,23-24H,5-6H2,(H,18,19,20)/t11-,13?,16+/m0/s1. The Bertz CT molecular complexity index is 905. The molecule has 4 rings (SSSR count). The second-order valence-corrected chi connectivity index (χ2v) is 7.40. The third-order valence-corrected chi connectivity index (χ3v) is 5.72. The number of nitrogens with one attached hydrogen (secondary N) is 1. The second kappa shape index (κ2) is 6.80. The van der Waals surface area contributed by atoms with Gasteiger partial charge in [-0.2, -0.15) is 0 Å². The van der Waals surface area contributed by atoms with Crippen LogP contribution in [-0.4, -0.2) is 47.7 Å². The molecular weight excluding hydrogens is 362 g/mol. The third-order valence-electron chi connectivity index (χ3n) is 4.11. The van der Waals surface area contributed by atoms with Gasteiger partial charge in [-0.1, -0.05) is 23.7 Å². The van der Waals surface area contributed by atoms with Crippen LogP contribution in [-0.2, 0) is 6.54 Å². The number of nitrogens with zero attached hydrogens (tertiary/aromatic N) is 4. The Balaban J connectivity index is 1.61. The van der Waals surface area contributed by atoms with Crippen molar-refractivity contribution >= 4 is 40.3 Å². The van der Waals surface area contributed by atoms with Crippen molar-refractivity contribution in [3.8, 4) is 0 Å². The molecule has 3 heterocycles. The maximum absolute atomic E-state index is 10.1. The smallest absolute Gasteiger partial charge is 0.166 e. The van der Waals surface area contributed by atoms with Crippen LogP contribution in [0.1, 0.15) is 10.9 Å². The van der Waals surface area contributed by atoms with Crippen molar-refractivity contribution in [1.82, 2.24) is 19.5 Å². The summed E-state index contributed by atoms with van der Waals surface area (Å²) < 4.78 is 1.78. The molecule has 1 saturated heterocycles. The molecule has 0 radical (unpaired) electrons. The molecule has 0 amide bonds. The Hall–Kier alpha value is -1.87. The highest BCUT2D eigenvalue weighted by Crippen LogP contribution is 2.38. The molecule has 3 aromatic rings. The first-order valence-corrected chi connectivity index (χ1v) is 9.20. The number of aliphatic hydroxyl groups is 2. The molecule has 9 heteroatoms. The molecule has 2 aromatic heterocycles. The van der Waals surface area contributed by atoms with E-state index >= 15 is 0 Å². The number of fused-ring (bicyclic) bond motifs is 1. The molecule has 1 aliphatic rings. The second-order valence-electron chi connectivity index (χ2n) is 5.81. The normalized spacial score (nSPS) is 23.2. The number of imidazole rings is 1. The first kappa shape index (κ1) is 16.6. The number of hydrogen-bond acceptors (Lipinski definition) is 7. The molecule has 7 nitrogen and oxygen atoms in total. The highest BCUT2D eigenvalue weighted by atomic mass is 35.5. The Morgan fingerprint density at radius 1 is 1.28 bits per heavy atom. The van der Waals surface area contributed by atoms with Crippen molar-refractivity contribution in [3.63, 3.8) is 0 Å². The van der Waals surface area contributed by atoms with Gasteiger partial charge in [-0.15, -0.1) is 11.8 Å². The Morgan fingerprint density at radius 2 is 2.16 bits per heavy atom. The number of rotatable bonds is 4. The lowest BCUT2D eigenvalue weighted by atomic mass is 10.2. The molecule has 1 unspecified atom stereocenters. The topological polar surface area (TPSA) is 96.1 Å². The van der Waals surface area contributed by atoms with E-state index in [1.807, 2.05) is 24.3 Å². The first-order valence-electron chi connectivity index (χ1n) is 7.77. The Morgan fingerprint density at radius 3 is 2.92 bits per heavy atom. The number of thioether (sulfide) groups is 1. The number of aliphatic hydroxyl groups excluding tert-OH is 2. The highest BCUT2D eigenvalue weighted by Gasteiger charge is 2.36. The molecule has 3 N–H and O–H groups in total. The van der Waals surface area contributed by atoms with E-state index in [0.717, 1.165) is 5.56 Å². The summed E-state index contributed by atoms with van der Waals surface area (Å²) in [6, 6.07) is 7.59. The number of aromatic nitrogens is 4. The molecule has 1 aromatic carbocycles. The van der Waals surface area contributed by atoms with Crippen LogP contribution >= 0.6 is 23.4 Å². The highest BCUT2D eigenvalue weighted by molar-refractivity contribution is 7.99. The van der Waals surface area contributed by atoms with Crippen molar-refractivity contribution in [2.45, 2.75) is 24.1 Å². The van der Waals surface area contributed by atoms with Crippen LogP contribution in [0.5, 0.6) is 0 Å². The maximum atomic E-state index is 10.1. The van der Waals surface area contributed by atoms with Crippen molar-refractivity contribution in [2.24, 2.45) is 0 Å². The largest absolute Gasteiger partial charge is 0.389 e. The average molecular weight is 378 g/mol. The molecule has 1 aliphatic heterocycles. The fourth-order valence-electron chi connectivity index (χ4n) is 2.83. The van der Waals surface area contributed by atoms with Gasteiger partial charge in [0.1, 0.15) is 23.3 Å². The van der Waals surface area contributed by atoms with Crippen LogP contribution < -0.4 is 5.32 Å². The van der Waals surface area contributed by atoms with Crippen LogP contribution in [0.3, 0.4) is 0 Å². The molecule has 0 spiro atoms. The van der Waals surface area contributed by atoms with Crippen LogP contribution in [0.15, 0.2) is 36.9 Å². The summed E-state index contributed by atoms with van der Waals surface area (Å²) in [4.78, 5) is 13.0. The zero-order valence-corrected chi connectivity index (χ0v) is 14.7. The predicted octanol–water partition coefficient (Wildman–Crippen LogP) is 2.06. The molecule has 130 valence electrons. The van der Waals surface area contributed by atoms with Gasteiger partial charge in [0, 0.05) is 17.3 Å². The van der Waals surface area contributed by atoms with Crippen molar-refractivity contribution in [2.75, 3.05) is 11.1 Å². The molecular formula is C16H16ClN5O2S. The van der Waals surface area contributed by atoms with E-state index in [9.17, 15) is 10.2 Å². The van der Waals surface area contributed by atoms with Gasteiger partial charge in [0.25, 0.3) is 0 Å². The van der Waals surface area contributed by atoms with Crippen LogP contribution in [0.2, 0.25) is 5.02 Å². The summed E-state index contributed by atoms with van der Waals surface area (Å²) in [5.41, 5.74) is 2.27. The fourth-order valence-corrected chi connectivity index (χ4v) is 4.33. The summed E-state index contributed by atoms with van der Waals surface area (Å²) in [5.74, 6) is 1.10. The van der Waals surface area contributed by atoms with Gasteiger partial charge in [-0.25, -0.2) is 15.0 Å². The molecule has 1 fully saturated rings. The Labute approximate surface area is 153 Å². The lowest BCUT2D eigenvalue weighted by Gasteiger charge is -2.17. The average Bonchev–Trinajstić information content (AvgIpc) is 3.17. The third kappa shape index (κ3) is 3.18. The number of benzene rings is 1. The minimum absolute atomic E-state index is 0.310. The fraction of sp³-hybridized carbons (Fsp3) is 0.312. The van der Waals surface area contributed by atoms with E-state index in [0.29, 0.717) is 34.3 Å². The summed E-state index contributed by atoms with van der Waals surface area (Å²) in [6.07, 6.45) is 1.50. The lowest BCUT2D eigenvalue weighted by Crippen LogP contribution is -2.27. The summed E-state index contributed by atoms with van der Waals surface area (Å²) in [7, 11) is 0. The van der Waals surface area contributed by atoms with Gasteiger partial charge in [-0.05, 0) is 17.7 Å². The van der Waals surface area contributed by atoms with E-state index < -0.39 is 12.2 Å². The van der Waals surface area contributed by atoms with Crippen molar-refractivity contribution in [1.29, 1.82) is 0 Å². The quantitative estimate of drug-likeness (QED) is 0.640.